The standard InChI is InChI=1S/C64H34B3NO8S2/c1-4-14-34(15-5-1)69-37-24-47-58-51(25-37)75-61-40-20-10-12-22-56(40)77-63(61)66(58)42-30-43-48(32-46(42)68-47)72-52-26-38(70-35-16-6-2-7-17-35)27-53-59(52)65(43)44-31-45-50(33-49(44)73-53)74-54-28-39(71-36-18-8-3-9-19-36)29-55-60(54)67(45)64-62(76-55)41-21-11-13-23-57(41)78-64/h1-33,68H. The molecule has 12 aromatic rings. The zero-order chi connectivity index (χ0) is 50.7. The van der Waals surface area contributed by atoms with Gasteiger partial charge in [-0.15, -0.1) is 22.7 Å². The zero-order valence-electron chi connectivity index (χ0n) is 40.9. The first kappa shape index (κ1) is 42.7. The maximum absolute atomic E-state index is 7.16. The van der Waals surface area contributed by atoms with Crippen LogP contribution in [0.3, 0.4) is 0 Å². The molecule has 14 heteroatoms. The van der Waals surface area contributed by atoms with Crippen molar-refractivity contribution in [1.82, 2.24) is 0 Å². The van der Waals surface area contributed by atoms with E-state index in [0.717, 1.165) is 108 Å². The molecule has 9 nitrogen and oxygen atoms in total. The molecule has 10 aromatic carbocycles. The van der Waals surface area contributed by atoms with E-state index in [2.05, 4.69) is 84.2 Å². The smallest absolute Gasteiger partial charge is 0.273 e. The van der Waals surface area contributed by atoms with Gasteiger partial charge in [-0.1, -0.05) is 91.0 Å². The lowest BCUT2D eigenvalue weighted by molar-refractivity contribution is 0.436. The van der Waals surface area contributed by atoms with Gasteiger partial charge in [-0.3, -0.25) is 0 Å². The predicted octanol–water partition coefficient (Wildman–Crippen LogP) is 11.6. The van der Waals surface area contributed by atoms with Gasteiger partial charge in [0, 0.05) is 101 Å². The number of hydrogen-bond donors (Lipinski definition) is 1. The Balaban J connectivity index is 0.840. The molecule has 0 saturated heterocycles. The van der Waals surface area contributed by atoms with Crippen LogP contribution in [0.5, 0.6) is 92.0 Å². The van der Waals surface area contributed by atoms with Crippen LogP contribution in [0.2, 0.25) is 0 Å². The molecule has 364 valence electrons. The fraction of sp³-hybridized carbons (Fsp3) is 0. The van der Waals surface area contributed by atoms with Crippen molar-refractivity contribution in [2.45, 2.75) is 0 Å². The van der Waals surface area contributed by atoms with Gasteiger partial charge < -0.3 is 43.2 Å². The third-order valence-electron chi connectivity index (χ3n) is 15.7. The van der Waals surface area contributed by atoms with Crippen LogP contribution in [0.15, 0.2) is 200 Å². The van der Waals surface area contributed by atoms with E-state index in [9.17, 15) is 0 Å². The van der Waals surface area contributed by atoms with Gasteiger partial charge in [0.15, 0.2) is 0 Å². The van der Waals surface area contributed by atoms with Gasteiger partial charge in [-0.2, -0.15) is 0 Å². The van der Waals surface area contributed by atoms with E-state index in [-0.39, 0.29) is 20.1 Å². The van der Waals surface area contributed by atoms with Crippen molar-refractivity contribution in [2.24, 2.45) is 0 Å². The van der Waals surface area contributed by atoms with E-state index in [0.29, 0.717) is 63.2 Å². The van der Waals surface area contributed by atoms with Gasteiger partial charge in [-0.05, 0) is 88.0 Å². The van der Waals surface area contributed by atoms with Crippen LogP contribution in [-0.4, -0.2) is 20.1 Å². The number of para-hydroxylation sites is 3. The van der Waals surface area contributed by atoms with Gasteiger partial charge in [-0.25, -0.2) is 0 Å². The molecule has 78 heavy (non-hydrogen) atoms. The molecule has 18 rings (SSSR count). The van der Waals surface area contributed by atoms with E-state index in [4.69, 9.17) is 37.9 Å². The Labute approximate surface area is 454 Å². The summed E-state index contributed by atoms with van der Waals surface area (Å²) >= 11 is 3.54. The average Bonchev–Trinajstić information content (AvgIpc) is 4.20. The third-order valence-corrected chi connectivity index (χ3v) is 18.1. The third kappa shape index (κ3) is 6.32. The Morgan fingerprint density at radius 2 is 0.705 bits per heavy atom. The highest BCUT2D eigenvalue weighted by Gasteiger charge is 2.49. The largest absolute Gasteiger partial charge is 0.458 e. The van der Waals surface area contributed by atoms with E-state index >= 15 is 0 Å². The lowest BCUT2D eigenvalue weighted by Gasteiger charge is -2.38. The van der Waals surface area contributed by atoms with Crippen LogP contribution in [0.1, 0.15) is 0 Å². The van der Waals surface area contributed by atoms with Crippen molar-refractivity contribution in [3.63, 3.8) is 0 Å². The molecule has 0 unspecified atom stereocenters. The van der Waals surface area contributed by atoms with Crippen LogP contribution >= 0.6 is 22.7 Å². The van der Waals surface area contributed by atoms with Crippen molar-refractivity contribution in [3.05, 3.63) is 200 Å². The van der Waals surface area contributed by atoms with E-state index in [1.807, 2.05) is 121 Å². The van der Waals surface area contributed by atoms with Gasteiger partial charge in [0.1, 0.15) is 92.0 Å². The second-order valence-electron chi connectivity index (χ2n) is 20.2. The highest BCUT2D eigenvalue weighted by atomic mass is 32.1. The van der Waals surface area contributed by atoms with Crippen LogP contribution in [0, 0.1) is 0 Å². The molecule has 8 heterocycles. The highest BCUT2D eigenvalue weighted by Crippen LogP contribution is 2.47. The molecule has 1 N–H and O–H groups in total. The Morgan fingerprint density at radius 1 is 0.308 bits per heavy atom. The number of anilines is 2. The molecule has 0 amide bonds. The van der Waals surface area contributed by atoms with Crippen molar-refractivity contribution in [2.75, 3.05) is 5.32 Å². The van der Waals surface area contributed by atoms with E-state index in [1.54, 1.807) is 22.7 Å². The lowest BCUT2D eigenvalue weighted by atomic mass is 9.31. The van der Waals surface area contributed by atoms with Gasteiger partial charge in [0.25, 0.3) is 20.1 Å². The van der Waals surface area contributed by atoms with Gasteiger partial charge in [0.2, 0.25) is 0 Å². The molecule has 0 spiro atoms. The van der Waals surface area contributed by atoms with Crippen molar-refractivity contribution < 1.29 is 37.9 Å². The summed E-state index contributed by atoms with van der Waals surface area (Å²) in [5, 5.41) is 6.01. The summed E-state index contributed by atoms with van der Waals surface area (Å²) in [6.07, 6.45) is 0. The second-order valence-corrected chi connectivity index (χ2v) is 22.4. The van der Waals surface area contributed by atoms with Crippen molar-refractivity contribution >= 4 is 122 Å². The first-order valence-electron chi connectivity index (χ1n) is 25.8. The van der Waals surface area contributed by atoms with Crippen molar-refractivity contribution in [1.29, 1.82) is 0 Å². The summed E-state index contributed by atoms with van der Waals surface area (Å²) in [4.78, 5) is 0. The topological polar surface area (TPSA) is 85.9 Å². The van der Waals surface area contributed by atoms with Crippen molar-refractivity contribution in [3.8, 4) is 92.0 Å². The first-order valence-corrected chi connectivity index (χ1v) is 27.5. The Bertz CT molecular complexity index is 4320. The fourth-order valence-electron chi connectivity index (χ4n) is 12.4. The Morgan fingerprint density at radius 3 is 1.23 bits per heavy atom. The fourth-order valence-corrected chi connectivity index (χ4v) is 14.9. The summed E-state index contributed by atoms with van der Waals surface area (Å²) < 4.78 is 59.4. The van der Waals surface area contributed by atoms with E-state index < -0.39 is 0 Å². The molecule has 0 aliphatic carbocycles. The number of thiophene rings is 2. The number of hydrogen-bond acceptors (Lipinski definition) is 11. The molecular weight excluding hydrogens is 1010 g/mol. The molecule has 0 fully saturated rings. The minimum atomic E-state index is -0.322. The summed E-state index contributed by atoms with van der Waals surface area (Å²) in [6.45, 7) is -0.705. The van der Waals surface area contributed by atoms with Crippen LogP contribution in [-0.2, 0) is 0 Å². The highest BCUT2D eigenvalue weighted by molar-refractivity contribution is 7.34. The van der Waals surface area contributed by atoms with Gasteiger partial charge >= 0.3 is 0 Å². The zero-order valence-corrected chi connectivity index (χ0v) is 42.5. The predicted molar refractivity (Wildman–Crippen MR) is 313 cm³/mol. The molecule has 6 aliphatic heterocycles. The van der Waals surface area contributed by atoms with E-state index in [1.165, 1.54) is 0 Å². The monoisotopic (exact) mass is 1040 g/mol. The maximum atomic E-state index is 7.16. The number of fused-ring (bicyclic) bond motifs is 16. The minimum Gasteiger partial charge on any atom is -0.458 e. The first-order chi connectivity index (χ1) is 38.6. The normalized spacial score (nSPS) is 13.7. The summed E-state index contributed by atoms with van der Waals surface area (Å²) in [5.74, 6) is 11.3. The van der Waals surface area contributed by atoms with Crippen LogP contribution < -0.4 is 91.0 Å². The number of benzene rings is 10. The Kier molecular flexibility index (Phi) is 8.78. The Hall–Kier alpha value is -9.49. The molecular formula is C64H34B3NO8S2. The van der Waals surface area contributed by atoms with Crippen LogP contribution in [0.4, 0.5) is 11.4 Å². The molecule has 0 radical (unpaired) electrons. The summed E-state index contributed by atoms with van der Waals surface area (Å²) in [5.41, 5.74) is 8.95. The van der Waals surface area contributed by atoms with Crippen LogP contribution in [0.25, 0.3) is 20.2 Å². The second kappa shape index (κ2) is 16.0. The molecule has 0 bridgehead atoms. The van der Waals surface area contributed by atoms with Gasteiger partial charge in [0.05, 0.1) is 0 Å². The lowest BCUT2D eigenvalue weighted by Crippen LogP contribution is -2.63. The molecule has 6 aliphatic rings. The maximum Gasteiger partial charge on any atom is 0.273 e. The number of ether oxygens (including phenoxy) is 8. The number of rotatable bonds is 6. The number of nitrogens with one attached hydrogen (secondary N) is 1. The quantitative estimate of drug-likeness (QED) is 0.164. The minimum absolute atomic E-state index is 0.165. The SMILES string of the molecule is c1ccc(Oc2cc3c4c(c2)Oc2c(sc5ccccc25)B4c2cc4c(cc2N3)Oc2cc(Oc3ccccc3)cc3c2B4c2cc4c(cc2O3)Oc2cc(Oc3ccccc3)cc3c2B4c2sc4ccccc4c2O3)cc1. The average molecular weight is 1040 g/mol. The molecule has 0 atom stereocenters. The molecule has 2 aromatic heterocycles. The molecule has 0 saturated carbocycles. The summed E-state index contributed by atoms with van der Waals surface area (Å²) in [7, 11) is 0. The summed E-state index contributed by atoms with van der Waals surface area (Å²) in [6, 6.07) is 67.3.